The van der Waals surface area contributed by atoms with Crippen molar-refractivity contribution in [1.82, 2.24) is 5.32 Å². The zero-order valence-corrected chi connectivity index (χ0v) is 15.5. The largest absolute Gasteiger partial charge is 0.475 e. The molecule has 3 aromatic rings. The zero-order chi connectivity index (χ0) is 19.5. The molecule has 0 spiro atoms. The Morgan fingerprint density at radius 1 is 1.18 bits per heavy atom. The summed E-state index contributed by atoms with van der Waals surface area (Å²) in [5.41, 5.74) is 2.57. The fourth-order valence-electron chi connectivity index (χ4n) is 3.91. The molecule has 1 fully saturated rings. The number of fused-ring (bicyclic) bond motifs is 1. The van der Waals surface area contributed by atoms with Gasteiger partial charge in [0.25, 0.3) is 0 Å². The topological polar surface area (TPSA) is 85.9 Å². The fraction of sp³-hybridized carbons (Fsp3) is 0.286. The summed E-state index contributed by atoms with van der Waals surface area (Å²) in [6.07, 6.45) is 3.55. The van der Waals surface area contributed by atoms with Gasteiger partial charge < -0.3 is 24.7 Å². The molecule has 1 amide bonds. The molecule has 1 aliphatic heterocycles. The lowest BCUT2D eigenvalue weighted by Crippen LogP contribution is -2.53. The van der Waals surface area contributed by atoms with Gasteiger partial charge in [0.15, 0.2) is 0 Å². The molecule has 0 radical (unpaired) electrons. The molecule has 2 heterocycles. The van der Waals surface area contributed by atoms with Gasteiger partial charge in [-0.3, -0.25) is 4.79 Å². The quantitative estimate of drug-likeness (QED) is 0.573. The molecular formula is C21H23BN2O4. The number of benzene rings is 2. The van der Waals surface area contributed by atoms with Crippen molar-refractivity contribution >= 4 is 29.7 Å². The number of amides is 1. The van der Waals surface area contributed by atoms with Gasteiger partial charge in [-0.1, -0.05) is 36.4 Å². The summed E-state index contributed by atoms with van der Waals surface area (Å²) in [6.45, 7) is 0.806. The molecular weight excluding hydrogens is 355 g/mol. The van der Waals surface area contributed by atoms with E-state index in [1.165, 1.54) is 0 Å². The van der Waals surface area contributed by atoms with Crippen LogP contribution in [0.2, 0.25) is 0 Å². The molecule has 1 saturated heterocycles. The van der Waals surface area contributed by atoms with Gasteiger partial charge in [0, 0.05) is 17.6 Å². The van der Waals surface area contributed by atoms with E-state index >= 15 is 0 Å². The van der Waals surface area contributed by atoms with Gasteiger partial charge in [0.05, 0.1) is 12.2 Å². The molecule has 4 rings (SSSR count). The minimum absolute atomic E-state index is 0.188. The van der Waals surface area contributed by atoms with E-state index < -0.39 is 13.1 Å². The predicted octanol–water partition coefficient (Wildman–Crippen LogP) is 2.14. The smallest absolute Gasteiger partial charge is 0.464 e. The Bertz CT molecular complexity index is 944. The minimum atomic E-state index is -1.66. The summed E-state index contributed by atoms with van der Waals surface area (Å²) in [7, 11) is -1.66. The fourth-order valence-corrected chi connectivity index (χ4v) is 3.91. The lowest BCUT2D eigenvalue weighted by Gasteiger charge is -2.28. The standard InChI is InChI=1S/C21H23BN2O4/c25-21(18-10-6-12-24(18)16-7-2-1-3-8-16)23-20(22(26)27)13-15-14-28-19-11-5-4-9-17(15)19/h1-5,7-9,11,14,18,20,26-27H,6,10,12-13H2,(H,23,25)/t18?,20-/m0/s1. The van der Waals surface area contributed by atoms with Gasteiger partial charge in [-0.15, -0.1) is 0 Å². The molecule has 7 heteroatoms. The van der Waals surface area contributed by atoms with Crippen LogP contribution in [0.5, 0.6) is 0 Å². The molecule has 144 valence electrons. The Balaban J connectivity index is 1.49. The maximum atomic E-state index is 12.9. The number of para-hydroxylation sites is 2. The van der Waals surface area contributed by atoms with Crippen LogP contribution in [0.25, 0.3) is 11.0 Å². The molecule has 0 bridgehead atoms. The summed E-state index contributed by atoms with van der Waals surface area (Å²) in [4.78, 5) is 15.0. The van der Waals surface area contributed by atoms with Crippen molar-refractivity contribution in [2.45, 2.75) is 31.2 Å². The first kappa shape index (κ1) is 18.6. The molecule has 28 heavy (non-hydrogen) atoms. The van der Waals surface area contributed by atoms with Crippen molar-refractivity contribution in [3.63, 3.8) is 0 Å². The van der Waals surface area contributed by atoms with Crippen LogP contribution in [-0.4, -0.2) is 41.6 Å². The number of nitrogens with one attached hydrogen (secondary N) is 1. The van der Waals surface area contributed by atoms with E-state index in [0.717, 1.165) is 41.6 Å². The third kappa shape index (κ3) is 3.77. The highest BCUT2D eigenvalue weighted by Gasteiger charge is 2.34. The van der Waals surface area contributed by atoms with Crippen LogP contribution < -0.4 is 10.2 Å². The highest BCUT2D eigenvalue weighted by atomic mass is 16.4. The maximum absolute atomic E-state index is 12.9. The zero-order valence-electron chi connectivity index (χ0n) is 15.5. The number of nitrogens with zero attached hydrogens (tertiary/aromatic N) is 1. The number of furan rings is 1. The average molecular weight is 378 g/mol. The highest BCUT2D eigenvalue weighted by molar-refractivity contribution is 6.43. The highest BCUT2D eigenvalue weighted by Crippen LogP contribution is 2.26. The number of hydrogen-bond donors (Lipinski definition) is 3. The van der Waals surface area contributed by atoms with E-state index in [2.05, 4.69) is 10.2 Å². The normalized spacial score (nSPS) is 17.6. The minimum Gasteiger partial charge on any atom is -0.464 e. The van der Waals surface area contributed by atoms with E-state index in [-0.39, 0.29) is 18.4 Å². The molecule has 6 nitrogen and oxygen atoms in total. The molecule has 0 saturated carbocycles. The van der Waals surface area contributed by atoms with Gasteiger partial charge in [0.1, 0.15) is 11.6 Å². The van der Waals surface area contributed by atoms with Crippen molar-refractivity contribution in [2.24, 2.45) is 0 Å². The number of carbonyl (C=O) groups is 1. The molecule has 1 unspecified atom stereocenters. The number of anilines is 1. The van der Waals surface area contributed by atoms with E-state index in [9.17, 15) is 14.8 Å². The summed E-state index contributed by atoms with van der Waals surface area (Å²) < 4.78 is 5.53. The summed E-state index contributed by atoms with van der Waals surface area (Å²) in [5, 5.41) is 23.5. The Labute approximate surface area is 163 Å². The van der Waals surface area contributed by atoms with Crippen LogP contribution in [-0.2, 0) is 11.2 Å². The van der Waals surface area contributed by atoms with Crippen molar-refractivity contribution < 1.29 is 19.3 Å². The van der Waals surface area contributed by atoms with Crippen LogP contribution >= 0.6 is 0 Å². The lowest BCUT2D eigenvalue weighted by molar-refractivity contribution is -0.122. The molecule has 1 aromatic heterocycles. The molecule has 1 aliphatic rings. The van der Waals surface area contributed by atoms with Crippen LogP contribution in [0.15, 0.2) is 65.3 Å². The predicted molar refractivity (Wildman–Crippen MR) is 109 cm³/mol. The first-order chi connectivity index (χ1) is 13.6. The summed E-state index contributed by atoms with van der Waals surface area (Å²) >= 11 is 0. The Morgan fingerprint density at radius 3 is 2.71 bits per heavy atom. The Kier molecular flexibility index (Phi) is 5.37. The van der Waals surface area contributed by atoms with E-state index in [4.69, 9.17) is 4.42 Å². The Hall–Kier alpha value is -2.77. The second-order valence-corrected chi connectivity index (χ2v) is 7.18. The van der Waals surface area contributed by atoms with Crippen LogP contribution in [0.4, 0.5) is 5.69 Å². The third-order valence-electron chi connectivity index (χ3n) is 5.33. The maximum Gasteiger partial charge on any atom is 0.475 e. The van der Waals surface area contributed by atoms with Gasteiger partial charge in [-0.2, -0.15) is 0 Å². The van der Waals surface area contributed by atoms with Crippen molar-refractivity contribution in [3.8, 4) is 0 Å². The van der Waals surface area contributed by atoms with Crippen LogP contribution in [0.1, 0.15) is 18.4 Å². The van der Waals surface area contributed by atoms with Crippen LogP contribution in [0.3, 0.4) is 0 Å². The first-order valence-electron chi connectivity index (χ1n) is 9.57. The average Bonchev–Trinajstić information content (AvgIpc) is 3.35. The van der Waals surface area contributed by atoms with Crippen molar-refractivity contribution in [3.05, 3.63) is 66.4 Å². The molecule has 2 aromatic carbocycles. The second kappa shape index (κ2) is 8.08. The van der Waals surface area contributed by atoms with Gasteiger partial charge in [-0.05, 0) is 43.0 Å². The van der Waals surface area contributed by atoms with Crippen molar-refractivity contribution in [1.29, 1.82) is 0 Å². The molecule has 3 N–H and O–H groups in total. The third-order valence-corrected chi connectivity index (χ3v) is 5.33. The van der Waals surface area contributed by atoms with E-state index in [1.807, 2.05) is 54.6 Å². The SMILES string of the molecule is O=C(N[C@@H](Cc1coc2ccccc12)B(O)O)C1CCCN1c1ccccc1. The van der Waals surface area contributed by atoms with Gasteiger partial charge in [-0.25, -0.2) is 0 Å². The number of carbonyl (C=O) groups excluding carboxylic acids is 1. The van der Waals surface area contributed by atoms with Gasteiger partial charge in [0.2, 0.25) is 5.91 Å². The van der Waals surface area contributed by atoms with Crippen molar-refractivity contribution in [2.75, 3.05) is 11.4 Å². The summed E-state index contributed by atoms with van der Waals surface area (Å²) in [6, 6.07) is 17.1. The Morgan fingerprint density at radius 2 is 1.93 bits per heavy atom. The van der Waals surface area contributed by atoms with E-state index in [1.54, 1.807) is 6.26 Å². The number of rotatable bonds is 6. The lowest BCUT2D eigenvalue weighted by atomic mass is 9.75. The molecule has 2 atom stereocenters. The number of hydrogen-bond acceptors (Lipinski definition) is 5. The first-order valence-corrected chi connectivity index (χ1v) is 9.57. The second-order valence-electron chi connectivity index (χ2n) is 7.18. The van der Waals surface area contributed by atoms with Crippen LogP contribution in [0, 0.1) is 0 Å². The molecule has 0 aliphatic carbocycles. The van der Waals surface area contributed by atoms with E-state index in [0.29, 0.717) is 0 Å². The summed E-state index contributed by atoms with van der Waals surface area (Å²) in [5.74, 6) is -1.00. The van der Waals surface area contributed by atoms with Gasteiger partial charge >= 0.3 is 7.12 Å². The monoisotopic (exact) mass is 378 g/mol.